The Morgan fingerprint density at radius 2 is 2.07 bits per heavy atom. The lowest BCUT2D eigenvalue weighted by atomic mass is 9.94. The molecule has 2 atom stereocenters. The number of urea groups is 1. The number of hydrogen-bond acceptors (Lipinski definition) is 4. The molecule has 2 aliphatic heterocycles. The first-order valence-electron chi connectivity index (χ1n) is 9.43. The molecular weight excluding hydrogens is 366 g/mol. The average Bonchev–Trinajstić information content (AvgIpc) is 2.62. The average molecular weight is 392 g/mol. The van der Waals surface area contributed by atoms with Crippen LogP contribution in [0.3, 0.4) is 0 Å². The van der Waals surface area contributed by atoms with Crippen molar-refractivity contribution >= 4 is 23.6 Å². The lowest BCUT2D eigenvalue weighted by molar-refractivity contribution is -0.139. The van der Waals surface area contributed by atoms with Crippen LogP contribution in [-0.4, -0.2) is 43.1 Å². The van der Waals surface area contributed by atoms with Crippen LogP contribution >= 0.6 is 11.6 Å². The van der Waals surface area contributed by atoms with Crippen molar-refractivity contribution in [2.75, 3.05) is 26.2 Å². The maximum absolute atomic E-state index is 12.8. The van der Waals surface area contributed by atoms with Gasteiger partial charge in [0.05, 0.1) is 18.2 Å². The topological polar surface area (TPSA) is 70.7 Å². The van der Waals surface area contributed by atoms with Gasteiger partial charge in [0, 0.05) is 23.8 Å². The second-order valence-corrected chi connectivity index (χ2v) is 7.61. The molecule has 1 aromatic carbocycles. The number of ether oxygens (including phenoxy) is 1. The normalized spacial score (nSPS) is 23.6. The van der Waals surface area contributed by atoms with E-state index in [2.05, 4.69) is 22.5 Å². The highest BCUT2D eigenvalue weighted by molar-refractivity contribution is 6.30. The first-order chi connectivity index (χ1) is 13.0. The van der Waals surface area contributed by atoms with E-state index in [-0.39, 0.29) is 12.6 Å². The molecule has 0 aliphatic carbocycles. The number of carbonyl (C=O) groups is 2. The minimum atomic E-state index is -0.563. The maximum Gasteiger partial charge on any atom is 0.338 e. The van der Waals surface area contributed by atoms with Crippen LogP contribution in [0.4, 0.5) is 4.79 Å². The molecular formula is C20H26ClN3O3. The number of amides is 2. The van der Waals surface area contributed by atoms with E-state index in [9.17, 15) is 9.59 Å². The van der Waals surface area contributed by atoms with Crippen molar-refractivity contribution in [2.24, 2.45) is 5.92 Å². The fraction of sp³-hybridized carbons (Fsp3) is 0.500. The van der Waals surface area contributed by atoms with E-state index >= 15 is 0 Å². The largest absolute Gasteiger partial charge is 0.463 e. The number of halogens is 1. The number of benzene rings is 1. The van der Waals surface area contributed by atoms with Crippen LogP contribution in [0.1, 0.15) is 38.3 Å². The van der Waals surface area contributed by atoms with E-state index in [0.29, 0.717) is 28.8 Å². The Balaban J connectivity index is 1.96. The molecule has 2 unspecified atom stereocenters. The molecule has 1 fully saturated rings. The third kappa shape index (κ3) is 4.82. The monoisotopic (exact) mass is 391 g/mol. The van der Waals surface area contributed by atoms with Gasteiger partial charge in [0.2, 0.25) is 0 Å². The highest BCUT2D eigenvalue weighted by Crippen LogP contribution is 2.29. The van der Waals surface area contributed by atoms with Crippen LogP contribution in [0.5, 0.6) is 0 Å². The van der Waals surface area contributed by atoms with Gasteiger partial charge >= 0.3 is 12.0 Å². The predicted octanol–water partition coefficient (Wildman–Crippen LogP) is 3.24. The van der Waals surface area contributed by atoms with E-state index in [0.717, 1.165) is 25.1 Å². The molecule has 7 heteroatoms. The smallest absolute Gasteiger partial charge is 0.338 e. The van der Waals surface area contributed by atoms with Crippen molar-refractivity contribution in [1.82, 2.24) is 15.5 Å². The molecule has 1 aromatic rings. The fourth-order valence-corrected chi connectivity index (χ4v) is 3.88. The first-order valence-corrected chi connectivity index (χ1v) is 9.81. The van der Waals surface area contributed by atoms with Crippen molar-refractivity contribution in [3.63, 3.8) is 0 Å². The van der Waals surface area contributed by atoms with Crippen molar-refractivity contribution in [1.29, 1.82) is 0 Å². The van der Waals surface area contributed by atoms with Gasteiger partial charge in [-0.05, 0) is 49.9 Å². The molecule has 2 N–H and O–H groups in total. The summed E-state index contributed by atoms with van der Waals surface area (Å²) in [5.41, 5.74) is 1.87. The minimum Gasteiger partial charge on any atom is -0.463 e. The van der Waals surface area contributed by atoms with Gasteiger partial charge in [-0.25, -0.2) is 9.59 Å². The van der Waals surface area contributed by atoms with Gasteiger partial charge in [0.25, 0.3) is 0 Å². The molecule has 1 saturated heterocycles. The summed E-state index contributed by atoms with van der Waals surface area (Å²) in [7, 11) is 0. The Morgan fingerprint density at radius 3 is 2.74 bits per heavy atom. The summed E-state index contributed by atoms with van der Waals surface area (Å²) in [6.07, 6.45) is 2.33. The van der Waals surface area contributed by atoms with E-state index in [1.807, 2.05) is 12.1 Å². The van der Waals surface area contributed by atoms with Crippen LogP contribution in [0, 0.1) is 5.92 Å². The van der Waals surface area contributed by atoms with E-state index in [1.165, 1.54) is 6.42 Å². The highest BCUT2D eigenvalue weighted by Gasteiger charge is 2.34. The maximum atomic E-state index is 12.8. The predicted molar refractivity (Wildman–Crippen MR) is 104 cm³/mol. The fourth-order valence-electron chi connectivity index (χ4n) is 3.75. The quantitative estimate of drug-likeness (QED) is 0.756. The minimum absolute atomic E-state index is 0.275. The van der Waals surface area contributed by atoms with Crippen molar-refractivity contribution in [3.8, 4) is 0 Å². The van der Waals surface area contributed by atoms with E-state index in [4.69, 9.17) is 16.3 Å². The number of nitrogens with zero attached hydrogens (tertiary/aromatic N) is 1. The van der Waals surface area contributed by atoms with Crippen LogP contribution in [-0.2, 0) is 9.53 Å². The van der Waals surface area contributed by atoms with E-state index < -0.39 is 12.0 Å². The van der Waals surface area contributed by atoms with Gasteiger partial charge in [-0.3, -0.25) is 4.90 Å². The SMILES string of the molecule is CCOC(=O)C1=C(CN2CCCC(C)C2)NC(=O)NC1c1ccc(Cl)cc1. The summed E-state index contributed by atoms with van der Waals surface area (Å²) in [6, 6.07) is 6.26. The third-order valence-electron chi connectivity index (χ3n) is 4.98. The van der Waals surface area contributed by atoms with Crippen molar-refractivity contribution < 1.29 is 14.3 Å². The number of hydrogen-bond donors (Lipinski definition) is 2. The molecule has 27 heavy (non-hydrogen) atoms. The number of piperidine rings is 1. The standard InChI is InChI=1S/C20H26ClN3O3/c1-3-27-19(25)17-16(12-24-10-4-5-13(2)11-24)22-20(26)23-18(17)14-6-8-15(21)9-7-14/h6-9,13,18H,3-5,10-12H2,1-2H3,(H2,22,23,26). The van der Waals surface area contributed by atoms with Crippen LogP contribution < -0.4 is 10.6 Å². The summed E-state index contributed by atoms with van der Waals surface area (Å²) in [4.78, 5) is 27.3. The summed E-state index contributed by atoms with van der Waals surface area (Å²) < 4.78 is 5.30. The molecule has 0 saturated carbocycles. The van der Waals surface area contributed by atoms with Gasteiger partial charge in [-0.15, -0.1) is 0 Å². The second-order valence-electron chi connectivity index (χ2n) is 7.18. The van der Waals surface area contributed by atoms with Crippen LogP contribution in [0.25, 0.3) is 0 Å². The zero-order chi connectivity index (χ0) is 19.4. The summed E-state index contributed by atoms with van der Waals surface area (Å²) in [5.74, 6) is 0.194. The zero-order valence-corrected chi connectivity index (χ0v) is 16.5. The second kappa shape index (κ2) is 8.76. The molecule has 2 heterocycles. The molecule has 6 nitrogen and oxygen atoms in total. The Bertz CT molecular complexity index is 732. The Labute approximate surface area is 164 Å². The zero-order valence-electron chi connectivity index (χ0n) is 15.8. The van der Waals surface area contributed by atoms with Crippen LogP contribution in [0.15, 0.2) is 35.5 Å². The van der Waals surface area contributed by atoms with Gasteiger partial charge in [0.15, 0.2) is 0 Å². The molecule has 0 radical (unpaired) electrons. The van der Waals surface area contributed by atoms with Gasteiger partial charge in [0.1, 0.15) is 0 Å². The number of nitrogens with one attached hydrogen (secondary N) is 2. The molecule has 3 rings (SSSR count). The molecule has 0 bridgehead atoms. The lowest BCUT2D eigenvalue weighted by Gasteiger charge is -2.35. The molecule has 2 amide bonds. The molecule has 0 spiro atoms. The Morgan fingerprint density at radius 1 is 1.33 bits per heavy atom. The molecule has 146 valence electrons. The number of likely N-dealkylation sites (tertiary alicyclic amines) is 1. The van der Waals surface area contributed by atoms with Crippen LogP contribution in [0.2, 0.25) is 5.02 Å². The lowest BCUT2D eigenvalue weighted by Crippen LogP contribution is -2.49. The third-order valence-corrected chi connectivity index (χ3v) is 5.23. The Kier molecular flexibility index (Phi) is 6.39. The molecule has 2 aliphatic rings. The summed E-state index contributed by atoms with van der Waals surface area (Å²) in [6.45, 7) is 6.71. The Hall–Kier alpha value is -2.05. The summed E-state index contributed by atoms with van der Waals surface area (Å²) in [5, 5.41) is 6.29. The van der Waals surface area contributed by atoms with E-state index in [1.54, 1.807) is 19.1 Å². The van der Waals surface area contributed by atoms with Crippen molar-refractivity contribution in [2.45, 2.75) is 32.7 Å². The summed E-state index contributed by atoms with van der Waals surface area (Å²) >= 11 is 5.99. The van der Waals surface area contributed by atoms with Gasteiger partial charge in [-0.2, -0.15) is 0 Å². The number of carbonyl (C=O) groups excluding carboxylic acids is 2. The number of rotatable bonds is 5. The first kappa shape index (κ1) is 19.7. The van der Waals surface area contributed by atoms with Gasteiger partial charge < -0.3 is 15.4 Å². The van der Waals surface area contributed by atoms with Gasteiger partial charge in [-0.1, -0.05) is 30.7 Å². The van der Waals surface area contributed by atoms with Crippen molar-refractivity contribution in [3.05, 3.63) is 46.1 Å². The number of esters is 1. The molecule has 0 aromatic heterocycles. The highest BCUT2D eigenvalue weighted by atomic mass is 35.5.